The van der Waals surface area contributed by atoms with Gasteiger partial charge in [-0.3, -0.25) is 0 Å². The molecule has 0 bridgehead atoms. The highest BCUT2D eigenvalue weighted by atomic mass is 35.5. The molecule has 0 N–H and O–H groups in total. The molecule has 20 heavy (non-hydrogen) atoms. The summed E-state index contributed by atoms with van der Waals surface area (Å²) in [7, 11) is 0. The van der Waals surface area contributed by atoms with Crippen LogP contribution in [-0.4, -0.2) is 34.1 Å². The van der Waals surface area contributed by atoms with Crippen molar-refractivity contribution in [3.8, 4) is 0 Å². The summed E-state index contributed by atoms with van der Waals surface area (Å²) in [6.45, 7) is 5.68. The van der Waals surface area contributed by atoms with Crippen LogP contribution in [0.1, 0.15) is 31.6 Å². The summed E-state index contributed by atoms with van der Waals surface area (Å²) in [5.41, 5.74) is 2.05. The molecule has 5 heteroatoms. The molecule has 108 valence electrons. The molecule has 2 heterocycles. The summed E-state index contributed by atoms with van der Waals surface area (Å²) in [6, 6.07) is 6.18. The van der Waals surface area contributed by atoms with Gasteiger partial charge >= 0.3 is 0 Å². The number of aromatic nitrogens is 2. The van der Waals surface area contributed by atoms with E-state index in [1.165, 1.54) is 25.9 Å². The lowest BCUT2D eigenvalue weighted by atomic mass is 10.2. The second-order valence-corrected chi connectivity index (χ2v) is 6.23. The highest BCUT2D eigenvalue weighted by Crippen LogP contribution is 2.26. The molecule has 1 aromatic carbocycles. The number of imidazole rings is 1. The van der Waals surface area contributed by atoms with Crippen molar-refractivity contribution in [3.05, 3.63) is 29.0 Å². The first-order valence-electron chi connectivity index (χ1n) is 7.13. The standard InChI is InChI=1S/C15H19Cl2N3/c1-11(10-19-6-2-3-7-19)20-14-8-12(17)4-5-13(14)18-15(20)9-16/h4-5,8,11H,2-3,6-7,9-10H2,1H3. The highest BCUT2D eigenvalue weighted by Gasteiger charge is 2.20. The minimum Gasteiger partial charge on any atom is -0.323 e. The molecule has 2 aromatic rings. The fourth-order valence-corrected chi connectivity index (χ4v) is 3.48. The molecule has 3 rings (SSSR count). The summed E-state index contributed by atoms with van der Waals surface area (Å²) >= 11 is 12.2. The topological polar surface area (TPSA) is 21.1 Å². The first-order chi connectivity index (χ1) is 9.69. The maximum atomic E-state index is 6.13. The maximum Gasteiger partial charge on any atom is 0.125 e. The van der Waals surface area contributed by atoms with Crippen LogP contribution >= 0.6 is 23.2 Å². The number of hydrogen-bond acceptors (Lipinski definition) is 2. The molecular weight excluding hydrogens is 293 g/mol. The fraction of sp³-hybridized carbons (Fsp3) is 0.533. The maximum absolute atomic E-state index is 6.13. The molecule has 0 amide bonds. The molecule has 1 atom stereocenters. The molecule has 1 fully saturated rings. The Kier molecular flexibility index (Phi) is 4.20. The summed E-state index contributed by atoms with van der Waals surface area (Å²) < 4.78 is 2.24. The SMILES string of the molecule is CC(CN1CCCC1)n1c(CCl)nc2ccc(Cl)cc21. The van der Waals surface area contributed by atoms with Gasteiger partial charge in [0.2, 0.25) is 0 Å². The third-order valence-electron chi connectivity index (χ3n) is 4.01. The average Bonchev–Trinajstić information content (AvgIpc) is 3.04. The molecule has 3 nitrogen and oxygen atoms in total. The number of alkyl halides is 1. The Morgan fingerprint density at radius 2 is 2.05 bits per heavy atom. The van der Waals surface area contributed by atoms with E-state index in [-0.39, 0.29) is 0 Å². The Morgan fingerprint density at radius 3 is 2.75 bits per heavy atom. The largest absolute Gasteiger partial charge is 0.323 e. The van der Waals surface area contributed by atoms with Crippen LogP contribution in [-0.2, 0) is 5.88 Å². The van der Waals surface area contributed by atoms with E-state index in [9.17, 15) is 0 Å². The van der Waals surface area contributed by atoms with Gasteiger partial charge in [0, 0.05) is 17.6 Å². The second kappa shape index (κ2) is 5.92. The second-order valence-electron chi connectivity index (χ2n) is 5.52. The van der Waals surface area contributed by atoms with Gasteiger partial charge in [0.1, 0.15) is 5.82 Å². The Balaban J connectivity index is 1.96. The monoisotopic (exact) mass is 311 g/mol. The van der Waals surface area contributed by atoms with Crippen LogP contribution in [0.15, 0.2) is 18.2 Å². The molecule has 1 aliphatic rings. The van der Waals surface area contributed by atoms with Gasteiger partial charge in [-0.1, -0.05) is 11.6 Å². The van der Waals surface area contributed by atoms with Crippen LogP contribution in [0.2, 0.25) is 5.02 Å². The van der Waals surface area contributed by atoms with Crippen molar-refractivity contribution in [3.63, 3.8) is 0 Å². The van der Waals surface area contributed by atoms with Crippen molar-refractivity contribution in [1.82, 2.24) is 14.5 Å². The van der Waals surface area contributed by atoms with Gasteiger partial charge in [0.05, 0.1) is 16.9 Å². The molecule has 1 aromatic heterocycles. The van der Waals surface area contributed by atoms with E-state index in [1.807, 2.05) is 18.2 Å². The Bertz CT molecular complexity index is 602. The number of nitrogens with zero attached hydrogens (tertiary/aromatic N) is 3. The van der Waals surface area contributed by atoms with Gasteiger partial charge < -0.3 is 9.47 Å². The molecule has 0 spiro atoms. The van der Waals surface area contributed by atoms with Gasteiger partial charge in [-0.15, -0.1) is 11.6 Å². The summed E-state index contributed by atoms with van der Waals surface area (Å²) in [5, 5.41) is 0.744. The first-order valence-corrected chi connectivity index (χ1v) is 8.05. The van der Waals surface area contributed by atoms with E-state index >= 15 is 0 Å². The number of fused-ring (bicyclic) bond motifs is 1. The quantitative estimate of drug-likeness (QED) is 0.793. The number of halogens is 2. The van der Waals surface area contributed by atoms with Crippen molar-refractivity contribution in [2.45, 2.75) is 31.7 Å². The molecular formula is C15H19Cl2N3. The number of likely N-dealkylation sites (tertiary alicyclic amines) is 1. The molecule has 0 saturated carbocycles. The van der Waals surface area contributed by atoms with Crippen molar-refractivity contribution in [2.24, 2.45) is 0 Å². The molecule has 0 aliphatic carbocycles. The minimum absolute atomic E-state index is 0.352. The van der Waals surface area contributed by atoms with Crippen molar-refractivity contribution >= 4 is 34.2 Å². The third-order valence-corrected chi connectivity index (χ3v) is 4.48. The van der Waals surface area contributed by atoms with E-state index in [0.717, 1.165) is 28.4 Å². The van der Waals surface area contributed by atoms with Crippen LogP contribution in [0.5, 0.6) is 0 Å². The highest BCUT2D eigenvalue weighted by molar-refractivity contribution is 6.31. The van der Waals surface area contributed by atoms with E-state index in [4.69, 9.17) is 23.2 Å². The van der Waals surface area contributed by atoms with E-state index < -0.39 is 0 Å². The Hall–Kier alpha value is -0.770. The summed E-state index contributed by atoms with van der Waals surface area (Å²) in [5.74, 6) is 1.35. The predicted molar refractivity (Wildman–Crippen MR) is 84.7 cm³/mol. The number of benzene rings is 1. The zero-order valence-corrected chi connectivity index (χ0v) is 13.2. The summed E-state index contributed by atoms with van der Waals surface area (Å²) in [4.78, 5) is 7.13. The lowest BCUT2D eigenvalue weighted by Crippen LogP contribution is -2.27. The van der Waals surface area contributed by atoms with Gasteiger partial charge in [-0.2, -0.15) is 0 Å². The zero-order valence-electron chi connectivity index (χ0n) is 11.6. The van der Waals surface area contributed by atoms with Gasteiger partial charge in [-0.05, 0) is 51.1 Å². The molecule has 1 unspecified atom stereocenters. The third kappa shape index (κ3) is 2.67. The van der Waals surface area contributed by atoms with Gasteiger partial charge in [0.25, 0.3) is 0 Å². The van der Waals surface area contributed by atoms with Crippen LogP contribution in [0.3, 0.4) is 0 Å². The Labute approximate surface area is 129 Å². The van der Waals surface area contributed by atoms with E-state index in [1.54, 1.807) is 0 Å². The van der Waals surface area contributed by atoms with Crippen molar-refractivity contribution in [1.29, 1.82) is 0 Å². The van der Waals surface area contributed by atoms with Crippen LogP contribution in [0.25, 0.3) is 11.0 Å². The number of rotatable bonds is 4. The Morgan fingerprint density at radius 1 is 1.30 bits per heavy atom. The molecule has 1 aliphatic heterocycles. The molecule has 1 saturated heterocycles. The molecule has 0 radical (unpaired) electrons. The lowest BCUT2D eigenvalue weighted by Gasteiger charge is -2.23. The van der Waals surface area contributed by atoms with Crippen LogP contribution in [0.4, 0.5) is 0 Å². The van der Waals surface area contributed by atoms with Crippen LogP contribution in [0, 0.1) is 0 Å². The fourth-order valence-electron chi connectivity index (χ4n) is 3.12. The average molecular weight is 312 g/mol. The van der Waals surface area contributed by atoms with E-state index in [2.05, 4.69) is 21.4 Å². The first kappa shape index (κ1) is 14.2. The summed E-state index contributed by atoms with van der Waals surface area (Å²) in [6.07, 6.45) is 2.62. The predicted octanol–water partition coefficient (Wildman–Crippen LogP) is 4.09. The minimum atomic E-state index is 0.352. The van der Waals surface area contributed by atoms with Crippen molar-refractivity contribution < 1.29 is 0 Å². The van der Waals surface area contributed by atoms with Gasteiger partial charge in [0.15, 0.2) is 0 Å². The van der Waals surface area contributed by atoms with Gasteiger partial charge in [-0.25, -0.2) is 4.98 Å². The number of hydrogen-bond donors (Lipinski definition) is 0. The normalized spacial score (nSPS) is 17.9. The lowest BCUT2D eigenvalue weighted by molar-refractivity contribution is 0.288. The smallest absolute Gasteiger partial charge is 0.125 e. The van der Waals surface area contributed by atoms with Crippen LogP contribution < -0.4 is 0 Å². The zero-order chi connectivity index (χ0) is 14.1. The van der Waals surface area contributed by atoms with Crippen molar-refractivity contribution in [2.75, 3.05) is 19.6 Å². The van der Waals surface area contributed by atoms with E-state index in [0.29, 0.717) is 11.9 Å².